The van der Waals surface area contributed by atoms with Gasteiger partial charge in [-0.25, -0.2) is 18.6 Å². The van der Waals surface area contributed by atoms with Crippen LogP contribution in [0.2, 0.25) is 5.02 Å². The second-order valence-electron chi connectivity index (χ2n) is 11.5. The van der Waals surface area contributed by atoms with E-state index in [0.717, 1.165) is 44.2 Å². The first-order valence-corrected chi connectivity index (χ1v) is 13.5. The number of likely N-dealkylation sites (tertiary alicyclic amines) is 1. The van der Waals surface area contributed by atoms with Crippen LogP contribution in [0.25, 0.3) is 10.9 Å². The Morgan fingerprint density at radius 3 is 2.52 bits per heavy atom. The molecule has 1 spiro atoms. The van der Waals surface area contributed by atoms with Crippen molar-refractivity contribution >= 4 is 28.6 Å². The number of aromatic nitrogens is 2. The second kappa shape index (κ2) is 10.4. The third kappa shape index (κ3) is 5.22. The molecule has 1 aliphatic heterocycles. The van der Waals surface area contributed by atoms with Gasteiger partial charge in [-0.15, -0.1) is 0 Å². The summed E-state index contributed by atoms with van der Waals surface area (Å²) in [5, 5.41) is 9.27. The van der Waals surface area contributed by atoms with Gasteiger partial charge in [-0.2, -0.15) is 5.26 Å². The van der Waals surface area contributed by atoms with Crippen LogP contribution < -0.4 is 10.3 Å². The number of ether oxygens (including phenoxy) is 2. The van der Waals surface area contributed by atoms with Crippen molar-refractivity contribution in [3.8, 4) is 17.6 Å². The molecular formula is C29H29ClF2N4O4. The molecule has 1 aromatic heterocycles. The van der Waals surface area contributed by atoms with Crippen molar-refractivity contribution < 1.29 is 23.0 Å². The number of benzene rings is 2. The molecule has 2 aliphatic rings. The normalized spacial score (nSPS) is 18.6. The molecule has 2 fully saturated rings. The molecule has 2 aromatic carbocycles. The van der Waals surface area contributed by atoms with Crippen molar-refractivity contribution in [1.82, 2.24) is 14.5 Å². The van der Waals surface area contributed by atoms with E-state index in [1.807, 2.05) is 20.8 Å². The molecule has 5 rings (SSSR count). The molecule has 0 N–H and O–H groups in total. The fraction of sp³-hybridized carbons (Fsp3) is 0.448. The van der Waals surface area contributed by atoms with Gasteiger partial charge in [0.15, 0.2) is 11.6 Å². The number of hydrogen-bond donors (Lipinski definition) is 0. The second-order valence-corrected chi connectivity index (χ2v) is 11.9. The first kappa shape index (κ1) is 27.8. The molecule has 3 aromatic rings. The average molecular weight is 571 g/mol. The van der Waals surface area contributed by atoms with Gasteiger partial charge < -0.3 is 14.4 Å². The van der Waals surface area contributed by atoms with Crippen LogP contribution >= 0.6 is 11.6 Å². The number of rotatable bonds is 3. The van der Waals surface area contributed by atoms with Crippen molar-refractivity contribution in [2.45, 2.75) is 64.5 Å². The molecule has 2 heterocycles. The maximum Gasteiger partial charge on any atom is 0.410 e. The number of halogens is 3. The predicted molar refractivity (Wildman–Crippen MR) is 145 cm³/mol. The van der Waals surface area contributed by atoms with E-state index in [9.17, 15) is 23.6 Å². The van der Waals surface area contributed by atoms with Gasteiger partial charge in [0, 0.05) is 19.1 Å². The summed E-state index contributed by atoms with van der Waals surface area (Å²) in [5.74, 6) is -2.58. The lowest BCUT2D eigenvalue weighted by molar-refractivity contribution is 0.0103. The molecule has 0 unspecified atom stereocenters. The number of carbonyl (C=O) groups is 1. The first-order valence-electron chi connectivity index (χ1n) is 13.1. The van der Waals surface area contributed by atoms with Crippen LogP contribution in [0.15, 0.2) is 35.4 Å². The van der Waals surface area contributed by atoms with Gasteiger partial charge in [-0.05, 0) is 82.6 Å². The van der Waals surface area contributed by atoms with Crippen molar-refractivity contribution in [3.63, 3.8) is 0 Å². The summed E-state index contributed by atoms with van der Waals surface area (Å²) >= 11 is 6.57. The van der Waals surface area contributed by atoms with Crippen LogP contribution in [0.1, 0.15) is 64.5 Å². The van der Waals surface area contributed by atoms with Crippen molar-refractivity contribution in [3.05, 3.63) is 63.2 Å². The number of nitrogens with zero attached hydrogens (tertiary/aromatic N) is 4. The smallest absolute Gasteiger partial charge is 0.410 e. The summed E-state index contributed by atoms with van der Waals surface area (Å²) in [6.07, 6.45) is 5.29. The fourth-order valence-electron chi connectivity index (χ4n) is 5.71. The van der Waals surface area contributed by atoms with E-state index < -0.39 is 28.5 Å². The van der Waals surface area contributed by atoms with Crippen molar-refractivity contribution in [2.24, 2.45) is 5.41 Å². The molecule has 8 nitrogen and oxygen atoms in total. The Hall–Kier alpha value is -3.71. The zero-order valence-corrected chi connectivity index (χ0v) is 23.2. The number of fused-ring (bicyclic) bond motifs is 1. The maximum atomic E-state index is 14.4. The van der Waals surface area contributed by atoms with Gasteiger partial charge in [0.2, 0.25) is 0 Å². The third-order valence-corrected chi connectivity index (χ3v) is 8.16. The number of piperidine rings is 1. The molecule has 40 heavy (non-hydrogen) atoms. The molecule has 0 bridgehead atoms. The highest BCUT2D eigenvalue weighted by atomic mass is 35.5. The molecule has 210 valence electrons. The van der Waals surface area contributed by atoms with Gasteiger partial charge in [-0.3, -0.25) is 9.36 Å². The van der Waals surface area contributed by atoms with Gasteiger partial charge in [0.05, 0.1) is 22.3 Å². The zero-order chi connectivity index (χ0) is 28.8. The summed E-state index contributed by atoms with van der Waals surface area (Å²) < 4.78 is 41.1. The Bertz CT molecular complexity index is 1590. The predicted octanol–water partition coefficient (Wildman–Crippen LogP) is 6.73. The standard InChI is InChI=1S/C29H29ClF2N4O4/c1-28(2,3)40-27(38)35-12-10-29(11-13-35)9-8-17(14-29)36-16-34-21-6-7-22(24(30)23(21)26(36)37)39-25-18(15-33)19(31)4-5-20(25)32/h4-7,16-17H,8-14H2,1-3H3/t17-/m0/s1. The Labute approximate surface area is 235 Å². The molecule has 0 radical (unpaired) electrons. The van der Waals surface area contributed by atoms with E-state index in [-0.39, 0.29) is 39.3 Å². The van der Waals surface area contributed by atoms with Gasteiger partial charge in [0.1, 0.15) is 28.8 Å². The first-order chi connectivity index (χ1) is 18.9. The average Bonchev–Trinajstić information content (AvgIpc) is 3.30. The Balaban J connectivity index is 1.38. The lowest BCUT2D eigenvalue weighted by Gasteiger charge is -2.40. The Morgan fingerprint density at radius 2 is 1.85 bits per heavy atom. The van der Waals surface area contributed by atoms with Gasteiger partial charge >= 0.3 is 6.09 Å². The monoisotopic (exact) mass is 570 g/mol. The summed E-state index contributed by atoms with van der Waals surface area (Å²) in [6.45, 7) is 6.73. The molecule has 1 saturated carbocycles. The lowest BCUT2D eigenvalue weighted by atomic mass is 9.77. The molecule has 1 aliphatic carbocycles. The molecule has 1 amide bonds. The van der Waals surface area contributed by atoms with Crippen LogP contribution in [-0.2, 0) is 4.74 Å². The summed E-state index contributed by atoms with van der Waals surface area (Å²) in [7, 11) is 0. The third-order valence-electron chi connectivity index (χ3n) is 7.78. The quantitative estimate of drug-likeness (QED) is 0.346. The van der Waals surface area contributed by atoms with Gasteiger partial charge in [-0.1, -0.05) is 11.6 Å². The minimum Gasteiger partial charge on any atom is -0.451 e. The van der Waals surface area contributed by atoms with Crippen LogP contribution in [0.3, 0.4) is 0 Å². The van der Waals surface area contributed by atoms with Crippen LogP contribution in [0, 0.1) is 28.4 Å². The van der Waals surface area contributed by atoms with Crippen LogP contribution in [0.4, 0.5) is 13.6 Å². The summed E-state index contributed by atoms with van der Waals surface area (Å²) in [5.41, 5.74) is -1.18. The van der Waals surface area contributed by atoms with E-state index in [4.69, 9.17) is 21.1 Å². The topological polar surface area (TPSA) is 97.4 Å². The SMILES string of the molecule is CC(C)(C)OC(=O)N1CCC2(CC[C@H](n3cnc4ccc(Oc5c(F)ccc(F)c5C#N)c(Cl)c4c3=O)C2)CC1. The highest BCUT2D eigenvalue weighted by Crippen LogP contribution is 2.50. The zero-order valence-electron chi connectivity index (χ0n) is 22.5. The van der Waals surface area contributed by atoms with E-state index in [1.165, 1.54) is 18.5 Å². The molecule has 1 saturated heterocycles. The number of nitriles is 1. The van der Waals surface area contributed by atoms with Crippen molar-refractivity contribution in [1.29, 1.82) is 5.26 Å². The Morgan fingerprint density at radius 1 is 1.15 bits per heavy atom. The molecular weight excluding hydrogens is 542 g/mol. The number of amides is 1. The van der Waals surface area contributed by atoms with E-state index >= 15 is 0 Å². The van der Waals surface area contributed by atoms with E-state index in [0.29, 0.717) is 18.6 Å². The summed E-state index contributed by atoms with van der Waals surface area (Å²) in [6, 6.07) is 6.08. The number of hydrogen-bond acceptors (Lipinski definition) is 6. The fourth-order valence-corrected chi connectivity index (χ4v) is 5.99. The number of carbonyl (C=O) groups excluding carboxylic acids is 1. The lowest BCUT2D eigenvalue weighted by Crippen LogP contribution is -2.44. The summed E-state index contributed by atoms with van der Waals surface area (Å²) in [4.78, 5) is 32.3. The van der Waals surface area contributed by atoms with Crippen molar-refractivity contribution in [2.75, 3.05) is 13.1 Å². The minimum atomic E-state index is -0.938. The minimum absolute atomic E-state index is 0.00886. The van der Waals surface area contributed by atoms with Crippen LogP contribution in [-0.4, -0.2) is 39.2 Å². The molecule has 11 heteroatoms. The Kier molecular flexibility index (Phi) is 7.21. The molecule has 1 atom stereocenters. The van der Waals surface area contributed by atoms with Gasteiger partial charge in [0.25, 0.3) is 5.56 Å². The van der Waals surface area contributed by atoms with E-state index in [1.54, 1.807) is 15.5 Å². The van der Waals surface area contributed by atoms with Crippen LogP contribution in [0.5, 0.6) is 11.5 Å². The highest BCUT2D eigenvalue weighted by Gasteiger charge is 2.43. The maximum absolute atomic E-state index is 14.4. The highest BCUT2D eigenvalue weighted by molar-refractivity contribution is 6.36. The van der Waals surface area contributed by atoms with E-state index in [2.05, 4.69) is 4.98 Å². The largest absolute Gasteiger partial charge is 0.451 e.